The predicted octanol–water partition coefficient (Wildman–Crippen LogP) is 2.79. The number of carbonyl (C=O) groups is 1. The van der Waals surface area contributed by atoms with Crippen molar-refractivity contribution in [1.82, 2.24) is 10.3 Å². The van der Waals surface area contributed by atoms with Crippen LogP contribution in [0.3, 0.4) is 0 Å². The summed E-state index contributed by atoms with van der Waals surface area (Å²) >= 11 is 2.15. The molecular weight excluding hydrogens is 476 g/mol. The van der Waals surface area contributed by atoms with E-state index >= 15 is 0 Å². The molecule has 0 aromatic heterocycles. The summed E-state index contributed by atoms with van der Waals surface area (Å²) in [6.07, 6.45) is 1.58. The number of halogens is 2. The molecule has 3 rings (SSSR count). The predicted molar refractivity (Wildman–Crippen MR) is 113 cm³/mol. The van der Waals surface area contributed by atoms with Crippen LogP contribution in [0.4, 0.5) is 4.39 Å². The number of morpholine rings is 1. The fraction of sp³-hybridized carbons (Fsp3) is 0.300. The van der Waals surface area contributed by atoms with Crippen LogP contribution in [0.2, 0.25) is 0 Å². The lowest BCUT2D eigenvalue weighted by atomic mass is 10.2. The average molecular weight is 497 g/mol. The van der Waals surface area contributed by atoms with E-state index in [0.717, 1.165) is 22.2 Å². The van der Waals surface area contributed by atoms with E-state index in [-0.39, 0.29) is 18.3 Å². The molecule has 0 bridgehead atoms. The van der Waals surface area contributed by atoms with Crippen molar-refractivity contribution < 1.29 is 18.7 Å². The van der Waals surface area contributed by atoms with Gasteiger partial charge >= 0.3 is 0 Å². The Hall–Kier alpha value is -2.04. The number of rotatable bonds is 7. The Labute approximate surface area is 176 Å². The van der Waals surface area contributed by atoms with Crippen molar-refractivity contribution in [2.45, 2.75) is 6.61 Å². The number of benzene rings is 2. The maximum atomic E-state index is 13.7. The number of hydrogen-bond acceptors (Lipinski definition) is 5. The monoisotopic (exact) mass is 497 g/mol. The second kappa shape index (κ2) is 10.5. The Morgan fingerprint density at radius 1 is 1.29 bits per heavy atom. The number of carbonyl (C=O) groups excluding carboxylic acids is 1. The molecule has 1 amide bonds. The van der Waals surface area contributed by atoms with Crippen LogP contribution in [0, 0.1) is 9.39 Å². The van der Waals surface area contributed by atoms with Gasteiger partial charge in [-0.1, -0.05) is 18.2 Å². The van der Waals surface area contributed by atoms with Gasteiger partial charge in [0.25, 0.3) is 5.91 Å². The van der Waals surface area contributed by atoms with Gasteiger partial charge < -0.3 is 9.47 Å². The van der Waals surface area contributed by atoms with Gasteiger partial charge in [-0.25, -0.2) is 9.82 Å². The molecule has 148 valence electrons. The molecule has 0 saturated carbocycles. The summed E-state index contributed by atoms with van der Waals surface area (Å²) in [5.41, 5.74) is 3.87. The molecule has 1 aliphatic heterocycles. The van der Waals surface area contributed by atoms with Crippen LogP contribution >= 0.6 is 22.6 Å². The number of amides is 1. The highest BCUT2D eigenvalue weighted by molar-refractivity contribution is 14.1. The van der Waals surface area contributed by atoms with Crippen LogP contribution in [0.15, 0.2) is 47.6 Å². The van der Waals surface area contributed by atoms with Crippen molar-refractivity contribution in [3.8, 4) is 5.75 Å². The molecule has 0 radical (unpaired) electrons. The zero-order valence-corrected chi connectivity index (χ0v) is 17.4. The van der Waals surface area contributed by atoms with E-state index in [0.29, 0.717) is 31.1 Å². The number of ether oxygens (including phenoxy) is 2. The van der Waals surface area contributed by atoms with Gasteiger partial charge in [-0.05, 0) is 52.4 Å². The third-order valence-electron chi connectivity index (χ3n) is 4.17. The minimum absolute atomic E-state index is 0.155. The average Bonchev–Trinajstić information content (AvgIpc) is 2.69. The van der Waals surface area contributed by atoms with Gasteiger partial charge in [0.1, 0.15) is 18.2 Å². The van der Waals surface area contributed by atoms with E-state index in [2.05, 4.69) is 33.1 Å². The fourth-order valence-electron chi connectivity index (χ4n) is 2.66. The summed E-state index contributed by atoms with van der Waals surface area (Å²) in [5.74, 6) is 0.226. The Bertz CT molecular complexity index is 841. The van der Waals surface area contributed by atoms with Crippen molar-refractivity contribution in [2.75, 3.05) is 32.8 Å². The highest BCUT2D eigenvalue weighted by atomic mass is 127. The largest absolute Gasteiger partial charge is 0.488 e. The normalized spacial score (nSPS) is 14.9. The molecule has 1 saturated heterocycles. The molecule has 28 heavy (non-hydrogen) atoms. The van der Waals surface area contributed by atoms with Gasteiger partial charge in [0.15, 0.2) is 0 Å². The van der Waals surface area contributed by atoms with Crippen molar-refractivity contribution >= 4 is 34.7 Å². The number of nitrogens with one attached hydrogen (secondary N) is 1. The van der Waals surface area contributed by atoms with Gasteiger partial charge in [-0.15, -0.1) is 0 Å². The molecule has 1 fully saturated rings. The summed E-state index contributed by atoms with van der Waals surface area (Å²) in [6, 6.07) is 12.1. The summed E-state index contributed by atoms with van der Waals surface area (Å²) < 4.78 is 25.5. The first kappa shape index (κ1) is 20.7. The van der Waals surface area contributed by atoms with Gasteiger partial charge in [0.2, 0.25) is 0 Å². The molecular formula is C20H21FIN3O3. The molecule has 2 aromatic carbocycles. The first-order valence-corrected chi connectivity index (χ1v) is 9.97. The summed E-state index contributed by atoms with van der Waals surface area (Å²) in [4.78, 5) is 13.9. The first-order valence-electron chi connectivity index (χ1n) is 8.89. The molecule has 0 aliphatic carbocycles. The van der Waals surface area contributed by atoms with Crippen molar-refractivity contribution in [3.63, 3.8) is 0 Å². The quantitative estimate of drug-likeness (QED) is 0.363. The molecule has 8 heteroatoms. The molecule has 2 aromatic rings. The van der Waals surface area contributed by atoms with Gasteiger partial charge in [0.05, 0.1) is 29.5 Å². The van der Waals surface area contributed by atoms with Crippen molar-refractivity contribution in [3.05, 3.63) is 63.0 Å². The zero-order chi connectivity index (χ0) is 19.8. The SMILES string of the molecule is O=C(CN1CCOCC1)N/N=C/c1ccc(OCc2ccccc2F)c(I)c1. The van der Waals surface area contributed by atoms with E-state index in [4.69, 9.17) is 9.47 Å². The highest BCUT2D eigenvalue weighted by Gasteiger charge is 2.13. The van der Waals surface area contributed by atoms with Gasteiger partial charge in [0, 0.05) is 18.7 Å². The molecule has 0 spiro atoms. The Kier molecular flexibility index (Phi) is 7.75. The second-order valence-electron chi connectivity index (χ2n) is 6.25. The number of hydrazone groups is 1. The smallest absolute Gasteiger partial charge is 0.254 e. The molecule has 6 nitrogen and oxygen atoms in total. The molecule has 1 aliphatic rings. The summed E-state index contributed by atoms with van der Waals surface area (Å²) in [6.45, 7) is 3.28. The second-order valence-corrected chi connectivity index (χ2v) is 7.41. The van der Waals surface area contributed by atoms with E-state index in [9.17, 15) is 9.18 Å². The van der Waals surface area contributed by atoms with Crippen molar-refractivity contribution in [2.24, 2.45) is 5.10 Å². The lowest BCUT2D eigenvalue weighted by Crippen LogP contribution is -2.42. The molecule has 0 atom stereocenters. The Balaban J connectivity index is 1.49. The van der Waals surface area contributed by atoms with E-state index < -0.39 is 0 Å². The molecule has 0 unspecified atom stereocenters. The standard InChI is InChI=1S/C20H21FIN3O3/c21-17-4-2-1-3-16(17)14-28-19-6-5-15(11-18(19)22)12-23-24-20(26)13-25-7-9-27-10-8-25/h1-6,11-12H,7-10,13-14H2,(H,24,26)/b23-12+. The van der Waals surface area contributed by atoms with Crippen LogP contribution in [0.5, 0.6) is 5.75 Å². The van der Waals surface area contributed by atoms with E-state index in [1.54, 1.807) is 30.5 Å². The lowest BCUT2D eigenvalue weighted by molar-refractivity contribution is -0.123. The lowest BCUT2D eigenvalue weighted by Gasteiger charge is -2.25. The maximum absolute atomic E-state index is 13.7. The molecule has 1 N–H and O–H groups in total. The van der Waals surface area contributed by atoms with Crippen LogP contribution in [-0.4, -0.2) is 49.9 Å². The van der Waals surface area contributed by atoms with E-state index in [1.807, 2.05) is 17.0 Å². The fourth-order valence-corrected chi connectivity index (χ4v) is 3.36. The van der Waals surface area contributed by atoms with Crippen molar-refractivity contribution in [1.29, 1.82) is 0 Å². The minimum Gasteiger partial charge on any atom is -0.488 e. The number of hydrogen-bond donors (Lipinski definition) is 1. The Morgan fingerprint density at radius 2 is 2.07 bits per heavy atom. The third kappa shape index (κ3) is 6.25. The molecule has 1 heterocycles. The van der Waals surface area contributed by atoms with Gasteiger partial charge in [-0.3, -0.25) is 9.69 Å². The van der Waals surface area contributed by atoms with E-state index in [1.165, 1.54) is 6.07 Å². The summed E-state index contributed by atoms with van der Waals surface area (Å²) in [7, 11) is 0. The zero-order valence-electron chi connectivity index (χ0n) is 15.2. The first-order chi connectivity index (χ1) is 13.6. The number of nitrogens with zero attached hydrogens (tertiary/aromatic N) is 2. The minimum atomic E-state index is -0.283. The third-order valence-corrected chi connectivity index (χ3v) is 5.01. The maximum Gasteiger partial charge on any atom is 0.254 e. The van der Waals surface area contributed by atoms with Crippen LogP contribution < -0.4 is 10.2 Å². The topological polar surface area (TPSA) is 63.2 Å². The van der Waals surface area contributed by atoms with Crippen LogP contribution in [0.25, 0.3) is 0 Å². The summed E-state index contributed by atoms with van der Waals surface area (Å²) in [5, 5.41) is 4.01. The van der Waals surface area contributed by atoms with Crippen LogP contribution in [0.1, 0.15) is 11.1 Å². The highest BCUT2D eigenvalue weighted by Crippen LogP contribution is 2.23. The Morgan fingerprint density at radius 3 is 2.82 bits per heavy atom. The van der Waals surface area contributed by atoms with Gasteiger partial charge in [-0.2, -0.15) is 5.10 Å². The van der Waals surface area contributed by atoms with Crippen LogP contribution in [-0.2, 0) is 16.1 Å².